The van der Waals surface area contributed by atoms with Gasteiger partial charge in [-0.3, -0.25) is 4.79 Å². The zero-order chi connectivity index (χ0) is 20.4. The van der Waals surface area contributed by atoms with Gasteiger partial charge in [-0.25, -0.2) is 9.98 Å². The third-order valence-corrected chi connectivity index (χ3v) is 4.02. The molecule has 0 bridgehead atoms. The lowest BCUT2D eigenvalue weighted by molar-refractivity contribution is 0.0827. The summed E-state index contributed by atoms with van der Waals surface area (Å²) in [6.07, 6.45) is 0.788. The van der Waals surface area contributed by atoms with Crippen LogP contribution in [0.2, 0.25) is 0 Å². The van der Waals surface area contributed by atoms with Gasteiger partial charge in [0.1, 0.15) is 0 Å². The molecule has 7 heteroatoms. The monoisotopic (exact) mass is 383 g/mol. The molecule has 2 N–H and O–H groups in total. The number of nitrogens with zero attached hydrogens (tertiary/aromatic N) is 3. The van der Waals surface area contributed by atoms with Gasteiger partial charge in [-0.05, 0) is 37.1 Å². The molecule has 2 aromatic rings. The van der Waals surface area contributed by atoms with Crippen molar-refractivity contribution in [1.82, 2.24) is 20.5 Å². The van der Waals surface area contributed by atoms with Gasteiger partial charge in [0, 0.05) is 38.8 Å². The molecule has 0 unspecified atom stereocenters. The van der Waals surface area contributed by atoms with E-state index in [2.05, 4.69) is 20.6 Å². The van der Waals surface area contributed by atoms with Gasteiger partial charge < -0.3 is 20.3 Å². The molecule has 0 saturated heterocycles. The quantitative estimate of drug-likeness (QED) is 0.539. The summed E-state index contributed by atoms with van der Waals surface area (Å²) < 4.78 is 5.15. The third-order valence-electron chi connectivity index (χ3n) is 4.02. The fourth-order valence-electron chi connectivity index (χ4n) is 2.60. The van der Waals surface area contributed by atoms with Crippen molar-refractivity contribution in [3.63, 3.8) is 0 Å². The molecule has 2 rings (SSSR count). The van der Waals surface area contributed by atoms with E-state index in [1.165, 1.54) is 0 Å². The van der Waals surface area contributed by atoms with Gasteiger partial charge in [0.25, 0.3) is 5.91 Å². The fourth-order valence-corrected chi connectivity index (χ4v) is 2.60. The maximum Gasteiger partial charge on any atom is 0.253 e. The van der Waals surface area contributed by atoms with Gasteiger partial charge in [-0.2, -0.15) is 0 Å². The lowest BCUT2D eigenvalue weighted by Gasteiger charge is -2.13. The Kier molecular flexibility index (Phi) is 8.27. The van der Waals surface area contributed by atoms with Crippen molar-refractivity contribution in [2.24, 2.45) is 4.99 Å². The van der Waals surface area contributed by atoms with Crippen LogP contribution in [0.15, 0.2) is 47.5 Å². The summed E-state index contributed by atoms with van der Waals surface area (Å²) >= 11 is 0. The Morgan fingerprint density at radius 1 is 1.18 bits per heavy atom. The average Bonchev–Trinajstić information content (AvgIpc) is 2.71. The first kappa shape index (κ1) is 21.2. The Hall–Kier alpha value is -3.09. The summed E-state index contributed by atoms with van der Waals surface area (Å²) in [7, 11) is 5.11. The van der Waals surface area contributed by atoms with E-state index in [1.54, 1.807) is 26.1 Å². The van der Waals surface area contributed by atoms with Crippen LogP contribution in [-0.2, 0) is 13.0 Å². The van der Waals surface area contributed by atoms with E-state index in [-0.39, 0.29) is 5.91 Å². The van der Waals surface area contributed by atoms with Crippen LogP contribution >= 0.6 is 0 Å². The molecule has 1 heterocycles. The molecule has 7 nitrogen and oxygen atoms in total. The summed E-state index contributed by atoms with van der Waals surface area (Å²) in [6, 6.07) is 13.4. The number of carbonyl (C=O) groups excluding carboxylic acids is 1. The largest absolute Gasteiger partial charge is 0.481 e. The zero-order valence-corrected chi connectivity index (χ0v) is 17.0. The van der Waals surface area contributed by atoms with E-state index in [1.807, 2.05) is 49.4 Å². The van der Waals surface area contributed by atoms with Gasteiger partial charge >= 0.3 is 0 Å². The minimum absolute atomic E-state index is 0.00972. The number of guanidine groups is 1. The Balaban J connectivity index is 1.94. The van der Waals surface area contributed by atoms with Gasteiger partial charge in [0.15, 0.2) is 5.96 Å². The number of aliphatic imine (C=N–C) groups is 1. The second-order valence-corrected chi connectivity index (χ2v) is 6.44. The van der Waals surface area contributed by atoms with E-state index >= 15 is 0 Å². The van der Waals surface area contributed by atoms with Gasteiger partial charge in [0.05, 0.1) is 19.3 Å². The number of amides is 1. The highest BCUT2D eigenvalue weighted by Gasteiger charge is 2.08. The molecule has 0 atom stereocenters. The molecule has 0 aliphatic rings. The molecular weight excluding hydrogens is 354 g/mol. The van der Waals surface area contributed by atoms with E-state index in [9.17, 15) is 4.79 Å². The number of hydrogen-bond donors (Lipinski definition) is 2. The fraction of sp³-hybridized carbons (Fsp3) is 0.381. The van der Waals surface area contributed by atoms with E-state index < -0.39 is 0 Å². The van der Waals surface area contributed by atoms with Gasteiger partial charge in [0.2, 0.25) is 5.88 Å². The number of carbonyl (C=O) groups is 1. The highest BCUT2D eigenvalue weighted by atomic mass is 16.5. The number of nitrogens with one attached hydrogen (secondary N) is 2. The number of pyridine rings is 1. The van der Waals surface area contributed by atoms with Crippen molar-refractivity contribution < 1.29 is 9.53 Å². The molecule has 0 fully saturated rings. The minimum Gasteiger partial charge on any atom is -0.481 e. The lowest BCUT2D eigenvalue weighted by Crippen LogP contribution is -2.38. The van der Waals surface area contributed by atoms with Crippen LogP contribution in [0.25, 0.3) is 0 Å². The molecule has 1 aromatic heterocycles. The van der Waals surface area contributed by atoms with Crippen LogP contribution in [0.1, 0.15) is 28.5 Å². The van der Waals surface area contributed by atoms with Crippen molar-refractivity contribution in [2.45, 2.75) is 19.9 Å². The summed E-state index contributed by atoms with van der Waals surface area (Å²) in [4.78, 5) is 22.6. The molecule has 0 radical (unpaired) electrons. The standard InChI is InChI=1S/C21H29N5O2/c1-5-22-21(24-15-18-10-7-11-19(25-18)28-4)23-13-12-16-8-6-9-17(14-16)20(27)26(2)3/h6-11,14H,5,12-13,15H2,1-4H3,(H2,22,23,24). The summed E-state index contributed by atoms with van der Waals surface area (Å²) in [5, 5.41) is 6.56. The van der Waals surface area contributed by atoms with Crippen molar-refractivity contribution in [1.29, 1.82) is 0 Å². The molecule has 1 aromatic carbocycles. The van der Waals surface area contributed by atoms with E-state index in [0.717, 1.165) is 30.2 Å². The first-order chi connectivity index (χ1) is 13.5. The Bertz CT molecular complexity index is 805. The second-order valence-electron chi connectivity index (χ2n) is 6.44. The Morgan fingerprint density at radius 2 is 1.96 bits per heavy atom. The molecule has 0 aliphatic carbocycles. The van der Waals surface area contributed by atoms with Crippen LogP contribution in [0.5, 0.6) is 5.88 Å². The predicted molar refractivity (Wildman–Crippen MR) is 112 cm³/mol. The number of benzene rings is 1. The molecule has 0 spiro atoms. The average molecular weight is 383 g/mol. The smallest absolute Gasteiger partial charge is 0.253 e. The van der Waals surface area contributed by atoms with Crippen LogP contribution in [-0.4, -0.2) is 56.0 Å². The molecule has 0 aliphatic heterocycles. The maximum atomic E-state index is 12.1. The number of hydrogen-bond acceptors (Lipinski definition) is 4. The SMILES string of the molecule is CCNC(=NCc1cccc(OC)n1)NCCc1cccc(C(=O)N(C)C)c1. The summed E-state index contributed by atoms with van der Waals surface area (Å²) in [5.41, 5.74) is 2.64. The molecular formula is C21H29N5O2. The number of aromatic nitrogens is 1. The minimum atomic E-state index is 0.00972. The number of ether oxygens (including phenoxy) is 1. The van der Waals surface area contributed by atoms with Crippen molar-refractivity contribution in [3.8, 4) is 5.88 Å². The summed E-state index contributed by atoms with van der Waals surface area (Å²) in [5.74, 6) is 1.32. The van der Waals surface area contributed by atoms with Crippen molar-refractivity contribution >= 4 is 11.9 Å². The summed E-state index contributed by atoms with van der Waals surface area (Å²) in [6.45, 7) is 3.96. The van der Waals surface area contributed by atoms with Gasteiger partial charge in [-0.15, -0.1) is 0 Å². The molecule has 0 saturated carbocycles. The van der Waals surface area contributed by atoms with Crippen LogP contribution in [0, 0.1) is 0 Å². The highest BCUT2D eigenvalue weighted by molar-refractivity contribution is 5.94. The van der Waals surface area contributed by atoms with E-state index in [4.69, 9.17) is 4.74 Å². The van der Waals surface area contributed by atoms with E-state index in [0.29, 0.717) is 24.5 Å². The Labute approximate surface area is 166 Å². The molecule has 1 amide bonds. The third kappa shape index (κ3) is 6.57. The van der Waals surface area contributed by atoms with Crippen LogP contribution in [0.3, 0.4) is 0 Å². The first-order valence-electron chi connectivity index (χ1n) is 9.36. The maximum absolute atomic E-state index is 12.1. The van der Waals surface area contributed by atoms with Crippen LogP contribution in [0.4, 0.5) is 0 Å². The zero-order valence-electron chi connectivity index (χ0n) is 17.0. The first-order valence-corrected chi connectivity index (χ1v) is 9.36. The predicted octanol–water partition coefficient (Wildman–Crippen LogP) is 2.09. The molecule has 150 valence electrons. The number of rotatable bonds is 8. The highest BCUT2D eigenvalue weighted by Crippen LogP contribution is 2.08. The topological polar surface area (TPSA) is 78.9 Å². The van der Waals surface area contributed by atoms with Crippen molar-refractivity contribution in [2.75, 3.05) is 34.3 Å². The second kappa shape index (κ2) is 10.9. The Morgan fingerprint density at radius 3 is 2.68 bits per heavy atom. The van der Waals surface area contributed by atoms with Crippen molar-refractivity contribution in [3.05, 3.63) is 59.3 Å². The van der Waals surface area contributed by atoms with Gasteiger partial charge in [-0.1, -0.05) is 18.2 Å². The lowest BCUT2D eigenvalue weighted by atomic mass is 10.1. The van der Waals surface area contributed by atoms with Crippen LogP contribution < -0.4 is 15.4 Å². The number of methoxy groups -OCH3 is 1. The molecule has 28 heavy (non-hydrogen) atoms. The normalized spacial score (nSPS) is 11.1.